The minimum absolute atomic E-state index is 0.147. The highest BCUT2D eigenvalue weighted by Crippen LogP contribution is 2.31. The number of nitrogens with zero attached hydrogens (tertiary/aromatic N) is 3. The molecule has 166 valence electrons. The van der Waals surface area contributed by atoms with Crippen molar-refractivity contribution in [3.8, 4) is 0 Å². The number of hydrogen-bond acceptors (Lipinski definition) is 4. The second kappa shape index (κ2) is 8.18. The molecule has 1 unspecified atom stereocenters. The van der Waals surface area contributed by atoms with Gasteiger partial charge in [0.2, 0.25) is 5.91 Å². The molecule has 0 spiro atoms. The summed E-state index contributed by atoms with van der Waals surface area (Å²) in [5, 5.41) is 5.95. The van der Waals surface area contributed by atoms with Crippen molar-refractivity contribution in [2.24, 2.45) is 0 Å². The minimum Gasteiger partial charge on any atom is -0.322 e. The largest absolute Gasteiger partial charge is 0.322 e. The van der Waals surface area contributed by atoms with Crippen molar-refractivity contribution in [2.75, 3.05) is 16.8 Å². The molecule has 1 saturated heterocycles. The monoisotopic (exact) mass is 465 g/mol. The number of amides is 2. The van der Waals surface area contributed by atoms with Crippen molar-refractivity contribution < 1.29 is 14.0 Å². The highest BCUT2D eigenvalue weighted by atomic mass is 35.5. The van der Waals surface area contributed by atoms with Gasteiger partial charge in [-0.3, -0.25) is 19.5 Å². The van der Waals surface area contributed by atoms with Gasteiger partial charge < -0.3 is 10.2 Å². The van der Waals surface area contributed by atoms with Gasteiger partial charge in [-0.05, 0) is 42.5 Å². The first kappa shape index (κ1) is 20.9. The number of anilines is 2. The van der Waals surface area contributed by atoms with E-state index in [1.807, 2.05) is 0 Å². The Labute approximate surface area is 191 Å². The molecular weight excluding hydrogens is 449 g/mol. The number of aromatic nitrogens is 3. The Balaban J connectivity index is 1.45. The second-order valence-electron chi connectivity index (χ2n) is 7.71. The van der Waals surface area contributed by atoms with E-state index >= 15 is 0 Å². The summed E-state index contributed by atoms with van der Waals surface area (Å²) in [6.45, 7) is 0.293. The number of carbonyl (C=O) groups excluding carboxylic acids is 2. The number of halogens is 2. The van der Waals surface area contributed by atoms with Crippen LogP contribution in [0.25, 0.3) is 5.65 Å². The molecular formula is C23H17ClFN5O3. The molecule has 2 amide bonds. The molecule has 4 aromatic rings. The summed E-state index contributed by atoms with van der Waals surface area (Å²) >= 11 is 5.97. The molecule has 2 aromatic carbocycles. The number of rotatable bonds is 4. The third-order valence-corrected chi connectivity index (χ3v) is 5.76. The number of hydrogen-bond donors (Lipinski definition) is 2. The van der Waals surface area contributed by atoms with Crippen LogP contribution in [-0.4, -0.2) is 33.0 Å². The number of carbonyl (C=O) groups is 2. The van der Waals surface area contributed by atoms with Crippen molar-refractivity contribution in [3.05, 3.63) is 93.2 Å². The van der Waals surface area contributed by atoms with Crippen LogP contribution in [0.2, 0.25) is 5.02 Å². The van der Waals surface area contributed by atoms with Gasteiger partial charge in [-0.15, -0.1) is 0 Å². The van der Waals surface area contributed by atoms with Crippen LogP contribution in [0.15, 0.2) is 65.6 Å². The van der Waals surface area contributed by atoms with Crippen molar-refractivity contribution in [3.63, 3.8) is 0 Å². The first-order valence-corrected chi connectivity index (χ1v) is 10.5. The average Bonchev–Trinajstić information content (AvgIpc) is 3.38. The lowest BCUT2D eigenvalue weighted by molar-refractivity contribution is -0.117. The smallest absolute Gasteiger partial charge is 0.272 e. The van der Waals surface area contributed by atoms with Crippen molar-refractivity contribution >= 4 is 40.4 Å². The molecule has 1 atom stereocenters. The predicted octanol–water partition coefficient (Wildman–Crippen LogP) is 3.59. The van der Waals surface area contributed by atoms with Crippen molar-refractivity contribution in [1.29, 1.82) is 0 Å². The summed E-state index contributed by atoms with van der Waals surface area (Å²) < 4.78 is 14.4. The average molecular weight is 466 g/mol. The third kappa shape index (κ3) is 3.98. The molecule has 0 aliphatic carbocycles. The van der Waals surface area contributed by atoms with Crippen LogP contribution in [0.4, 0.5) is 15.8 Å². The Kier molecular flexibility index (Phi) is 5.18. The van der Waals surface area contributed by atoms with Crippen LogP contribution in [-0.2, 0) is 4.79 Å². The van der Waals surface area contributed by atoms with E-state index in [1.165, 1.54) is 45.9 Å². The van der Waals surface area contributed by atoms with Gasteiger partial charge in [-0.1, -0.05) is 17.7 Å². The van der Waals surface area contributed by atoms with E-state index in [9.17, 15) is 18.8 Å². The van der Waals surface area contributed by atoms with E-state index < -0.39 is 17.3 Å². The highest BCUT2D eigenvalue weighted by molar-refractivity contribution is 6.31. The molecule has 10 heteroatoms. The molecule has 8 nitrogen and oxygen atoms in total. The molecule has 0 bridgehead atoms. The predicted molar refractivity (Wildman–Crippen MR) is 121 cm³/mol. The molecule has 2 N–H and O–H groups in total. The highest BCUT2D eigenvalue weighted by Gasteiger charge is 2.33. The lowest BCUT2D eigenvalue weighted by atomic mass is 10.0. The topological polar surface area (TPSA) is 99.6 Å². The van der Waals surface area contributed by atoms with E-state index in [0.29, 0.717) is 28.6 Å². The number of benzene rings is 2. The summed E-state index contributed by atoms with van der Waals surface area (Å²) in [5.74, 6) is -1.35. The van der Waals surface area contributed by atoms with Gasteiger partial charge in [0.25, 0.3) is 11.5 Å². The Morgan fingerprint density at radius 1 is 1.15 bits per heavy atom. The zero-order chi connectivity index (χ0) is 23.1. The van der Waals surface area contributed by atoms with E-state index in [2.05, 4.69) is 15.4 Å². The fraction of sp³-hybridized carbons (Fsp3) is 0.130. The Hall–Kier alpha value is -3.98. The van der Waals surface area contributed by atoms with E-state index in [-0.39, 0.29) is 29.5 Å². The quantitative estimate of drug-likeness (QED) is 0.481. The summed E-state index contributed by atoms with van der Waals surface area (Å²) in [7, 11) is 0. The Bertz CT molecular complexity index is 1450. The van der Waals surface area contributed by atoms with E-state index in [1.54, 1.807) is 24.3 Å². The molecule has 3 heterocycles. The first-order chi connectivity index (χ1) is 15.9. The fourth-order valence-electron chi connectivity index (χ4n) is 3.92. The zero-order valence-electron chi connectivity index (χ0n) is 17.1. The summed E-state index contributed by atoms with van der Waals surface area (Å²) in [4.78, 5) is 44.2. The third-order valence-electron chi connectivity index (χ3n) is 5.53. The lowest BCUT2D eigenvalue weighted by Crippen LogP contribution is -2.24. The summed E-state index contributed by atoms with van der Waals surface area (Å²) in [6.07, 6.45) is 1.55. The SMILES string of the molecule is O=C(Nc1cccc(Cl)c1)c1c[nH]n2c(=O)cc(C3CC(=O)N(c4ccc(F)cc4)C3)nc12. The van der Waals surface area contributed by atoms with Crippen LogP contribution in [0.5, 0.6) is 0 Å². The van der Waals surface area contributed by atoms with Crippen LogP contribution in [0, 0.1) is 5.82 Å². The van der Waals surface area contributed by atoms with Gasteiger partial charge in [-0.2, -0.15) is 0 Å². The van der Waals surface area contributed by atoms with Gasteiger partial charge in [-0.25, -0.2) is 13.9 Å². The molecule has 0 radical (unpaired) electrons. The molecule has 0 saturated carbocycles. The van der Waals surface area contributed by atoms with Gasteiger partial charge in [0, 0.05) is 47.5 Å². The second-order valence-corrected chi connectivity index (χ2v) is 8.15. The number of aromatic amines is 1. The van der Waals surface area contributed by atoms with Crippen LogP contribution < -0.4 is 15.8 Å². The first-order valence-electron chi connectivity index (χ1n) is 10.1. The minimum atomic E-state index is -0.462. The summed E-state index contributed by atoms with van der Waals surface area (Å²) in [6, 6.07) is 13.7. The zero-order valence-corrected chi connectivity index (χ0v) is 17.8. The molecule has 1 aliphatic rings. The summed E-state index contributed by atoms with van der Waals surface area (Å²) in [5.41, 5.74) is 1.42. The fourth-order valence-corrected chi connectivity index (χ4v) is 4.11. The molecule has 33 heavy (non-hydrogen) atoms. The molecule has 1 fully saturated rings. The van der Waals surface area contributed by atoms with Crippen LogP contribution in [0.1, 0.15) is 28.4 Å². The van der Waals surface area contributed by atoms with Gasteiger partial charge in [0.15, 0.2) is 5.65 Å². The van der Waals surface area contributed by atoms with Crippen molar-refractivity contribution in [1.82, 2.24) is 14.6 Å². The number of nitrogens with one attached hydrogen (secondary N) is 2. The normalized spacial score (nSPS) is 15.9. The van der Waals surface area contributed by atoms with E-state index in [4.69, 9.17) is 11.6 Å². The van der Waals surface area contributed by atoms with Crippen LogP contribution in [0.3, 0.4) is 0 Å². The molecule has 5 rings (SSSR count). The number of H-pyrrole nitrogens is 1. The lowest BCUT2D eigenvalue weighted by Gasteiger charge is -2.16. The Morgan fingerprint density at radius 3 is 2.70 bits per heavy atom. The maximum absolute atomic E-state index is 13.2. The standard InChI is InChI=1S/C23H17ClFN5O3/c24-14-2-1-3-16(9-14)27-23(33)18-11-26-30-21(32)10-19(28-22(18)30)13-8-20(31)29(12-13)17-6-4-15(25)5-7-17/h1-7,9-11,13,26H,8,12H2,(H,27,33). The van der Waals surface area contributed by atoms with Gasteiger partial charge >= 0.3 is 0 Å². The molecule has 2 aromatic heterocycles. The van der Waals surface area contributed by atoms with Crippen LogP contribution >= 0.6 is 11.6 Å². The maximum atomic E-state index is 13.2. The van der Waals surface area contributed by atoms with Crippen molar-refractivity contribution in [2.45, 2.75) is 12.3 Å². The van der Waals surface area contributed by atoms with Gasteiger partial charge in [0.05, 0.1) is 5.69 Å². The molecule has 1 aliphatic heterocycles. The Morgan fingerprint density at radius 2 is 1.94 bits per heavy atom. The van der Waals surface area contributed by atoms with Gasteiger partial charge in [0.1, 0.15) is 11.4 Å². The number of fused-ring (bicyclic) bond motifs is 1. The maximum Gasteiger partial charge on any atom is 0.272 e. The van der Waals surface area contributed by atoms with E-state index in [0.717, 1.165) is 0 Å².